The van der Waals surface area contributed by atoms with Crippen LogP contribution in [0.15, 0.2) is 36.4 Å². The van der Waals surface area contributed by atoms with E-state index >= 15 is 0 Å². The Bertz CT molecular complexity index is 744. The molecule has 0 aliphatic carbocycles. The molecule has 2 rings (SSSR count). The second-order valence-electron chi connectivity index (χ2n) is 6.10. The first-order valence-electron chi connectivity index (χ1n) is 8.20. The summed E-state index contributed by atoms with van der Waals surface area (Å²) >= 11 is 0. The van der Waals surface area contributed by atoms with Crippen LogP contribution in [0, 0.1) is 27.7 Å². The smallest absolute Gasteiger partial charge is 0.258 e. The molecule has 0 heterocycles. The first kappa shape index (κ1) is 18.5. The van der Waals surface area contributed by atoms with Gasteiger partial charge in [-0.1, -0.05) is 36.4 Å². The van der Waals surface area contributed by atoms with Crippen LogP contribution in [0.1, 0.15) is 22.3 Å². The van der Waals surface area contributed by atoms with Crippen molar-refractivity contribution in [3.8, 4) is 5.75 Å². The van der Waals surface area contributed by atoms with E-state index in [0.29, 0.717) is 5.75 Å². The van der Waals surface area contributed by atoms with Crippen LogP contribution in [-0.4, -0.2) is 25.0 Å². The molecular formula is C20H24N2O3. The zero-order valence-corrected chi connectivity index (χ0v) is 15.1. The van der Waals surface area contributed by atoms with Gasteiger partial charge < -0.3 is 15.4 Å². The van der Waals surface area contributed by atoms with Crippen molar-refractivity contribution in [2.45, 2.75) is 27.7 Å². The Kier molecular flexibility index (Phi) is 6.17. The summed E-state index contributed by atoms with van der Waals surface area (Å²) < 4.78 is 5.57. The van der Waals surface area contributed by atoms with Gasteiger partial charge in [0.15, 0.2) is 6.61 Å². The van der Waals surface area contributed by atoms with Crippen molar-refractivity contribution in [1.29, 1.82) is 0 Å². The maximum Gasteiger partial charge on any atom is 0.258 e. The zero-order chi connectivity index (χ0) is 18.4. The van der Waals surface area contributed by atoms with Crippen molar-refractivity contribution in [2.75, 3.05) is 18.5 Å². The number of anilines is 1. The van der Waals surface area contributed by atoms with Crippen molar-refractivity contribution in [3.05, 3.63) is 58.7 Å². The third kappa shape index (κ3) is 5.08. The van der Waals surface area contributed by atoms with Gasteiger partial charge in [0.05, 0.1) is 6.54 Å². The van der Waals surface area contributed by atoms with Crippen molar-refractivity contribution < 1.29 is 14.3 Å². The van der Waals surface area contributed by atoms with E-state index in [1.807, 2.05) is 64.1 Å². The van der Waals surface area contributed by atoms with Crippen LogP contribution in [0.3, 0.4) is 0 Å². The second-order valence-corrected chi connectivity index (χ2v) is 6.10. The molecule has 132 valence electrons. The molecule has 2 aromatic carbocycles. The molecule has 2 N–H and O–H groups in total. The molecular weight excluding hydrogens is 316 g/mol. The maximum atomic E-state index is 12.0. The van der Waals surface area contributed by atoms with Crippen molar-refractivity contribution >= 4 is 17.5 Å². The summed E-state index contributed by atoms with van der Waals surface area (Å²) in [4.78, 5) is 24.0. The highest BCUT2D eigenvalue weighted by Gasteiger charge is 2.10. The number of carbonyl (C=O) groups is 2. The first-order chi connectivity index (χ1) is 11.9. The Labute approximate surface area is 148 Å². The van der Waals surface area contributed by atoms with E-state index in [2.05, 4.69) is 10.6 Å². The normalized spacial score (nSPS) is 10.2. The maximum absolute atomic E-state index is 12.0. The van der Waals surface area contributed by atoms with Crippen LogP contribution < -0.4 is 15.4 Å². The lowest BCUT2D eigenvalue weighted by Crippen LogP contribution is -2.36. The molecule has 5 heteroatoms. The lowest BCUT2D eigenvalue weighted by molar-refractivity contribution is -0.125. The van der Waals surface area contributed by atoms with Gasteiger partial charge in [-0.05, 0) is 49.9 Å². The molecule has 0 atom stereocenters. The highest BCUT2D eigenvalue weighted by molar-refractivity contribution is 5.95. The Morgan fingerprint density at radius 3 is 1.92 bits per heavy atom. The molecule has 0 unspecified atom stereocenters. The van der Waals surface area contributed by atoms with Crippen LogP contribution in [0.4, 0.5) is 5.69 Å². The predicted molar refractivity (Wildman–Crippen MR) is 99.0 cm³/mol. The fourth-order valence-electron chi connectivity index (χ4n) is 2.59. The molecule has 0 saturated heterocycles. The number of ether oxygens (including phenoxy) is 1. The number of carbonyl (C=O) groups excluding carboxylic acids is 2. The summed E-state index contributed by atoms with van der Waals surface area (Å²) in [6, 6.07) is 11.6. The van der Waals surface area contributed by atoms with E-state index in [9.17, 15) is 9.59 Å². The molecule has 0 aliphatic heterocycles. The molecule has 5 nitrogen and oxygen atoms in total. The molecule has 0 aromatic heterocycles. The lowest BCUT2D eigenvalue weighted by atomic mass is 10.1. The minimum atomic E-state index is -0.334. The largest absolute Gasteiger partial charge is 0.483 e. The highest BCUT2D eigenvalue weighted by atomic mass is 16.5. The summed E-state index contributed by atoms with van der Waals surface area (Å²) in [5, 5.41) is 5.41. The van der Waals surface area contributed by atoms with Gasteiger partial charge in [-0.15, -0.1) is 0 Å². The van der Waals surface area contributed by atoms with Gasteiger partial charge in [-0.25, -0.2) is 0 Å². The van der Waals surface area contributed by atoms with Crippen LogP contribution in [-0.2, 0) is 9.59 Å². The van der Waals surface area contributed by atoms with Crippen LogP contribution in [0.25, 0.3) is 0 Å². The van der Waals surface area contributed by atoms with Crippen LogP contribution in [0.5, 0.6) is 5.75 Å². The predicted octanol–water partition coefficient (Wildman–Crippen LogP) is 3.05. The summed E-state index contributed by atoms with van der Waals surface area (Å²) in [5.41, 5.74) is 4.70. The SMILES string of the molecule is Cc1cccc(C)c1NC(=O)CNC(=O)COc1c(C)cccc1C. The molecule has 2 aromatic rings. The van der Waals surface area contributed by atoms with E-state index in [-0.39, 0.29) is 25.0 Å². The third-order valence-electron chi connectivity index (χ3n) is 3.95. The minimum absolute atomic E-state index is 0.0945. The monoisotopic (exact) mass is 340 g/mol. The number of hydrogen-bond acceptors (Lipinski definition) is 3. The Hall–Kier alpha value is -2.82. The number of hydrogen-bond donors (Lipinski definition) is 2. The van der Waals surface area contributed by atoms with Gasteiger partial charge in [0.25, 0.3) is 5.91 Å². The highest BCUT2D eigenvalue weighted by Crippen LogP contribution is 2.22. The van der Waals surface area contributed by atoms with Gasteiger partial charge in [-0.2, -0.15) is 0 Å². The van der Waals surface area contributed by atoms with E-state index in [4.69, 9.17) is 4.74 Å². The molecule has 2 amide bonds. The van der Waals surface area contributed by atoms with E-state index in [0.717, 1.165) is 27.9 Å². The average Bonchev–Trinajstić information content (AvgIpc) is 2.56. The van der Waals surface area contributed by atoms with E-state index in [1.165, 1.54) is 0 Å². The van der Waals surface area contributed by atoms with Crippen LogP contribution in [0.2, 0.25) is 0 Å². The number of nitrogens with one attached hydrogen (secondary N) is 2. The van der Waals surface area contributed by atoms with Crippen molar-refractivity contribution in [3.63, 3.8) is 0 Å². The number of rotatable bonds is 6. The topological polar surface area (TPSA) is 67.4 Å². The van der Waals surface area contributed by atoms with Crippen molar-refractivity contribution in [1.82, 2.24) is 5.32 Å². The number of para-hydroxylation sites is 2. The lowest BCUT2D eigenvalue weighted by Gasteiger charge is -2.13. The fourth-order valence-corrected chi connectivity index (χ4v) is 2.59. The molecule has 0 spiro atoms. The Morgan fingerprint density at radius 1 is 0.840 bits per heavy atom. The van der Waals surface area contributed by atoms with Gasteiger partial charge in [0.2, 0.25) is 5.91 Å². The van der Waals surface area contributed by atoms with Gasteiger partial charge in [0, 0.05) is 5.69 Å². The first-order valence-corrected chi connectivity index (χ1v) is 8.20. The summed E-state index contributed by atoms with van der Waals surface area (Å²) in [6.07, 6.45) is 0. The molecule has 0 fully saturated rings. The van der Waals surface area contributed by atoms with Gasteiger partial charge >= 0.3 is 0 Å². The number of benzene rings is 2. The zero-order valence-electron chi connectivity index (χ0n) is 15.1. The molecule has 0 aliphatic rings. The molecule has 25 heavy (non-hydrogen) atoms. The molecule has 0 saturated carbocycles. The van der Waals surface area contributed by atoms with E-state index in [1.54, 1.807) is 0 Å². The van der Waals surface area contributed by atoms with E-state index < -0.39 is 0 Å². The Balaban J connectivity index is 1.83. The van der Waals surface area contributed by atoms with Gasteiger partial charge in [0.1, 0.15) is 5.75 Å². The number of aryl methyl sites for hydroxylation is 4. The standard InChI is InChI=1S/C20H24N2O3/c1-13-7-5-8-14(2)19(13)22-17(23)11-21-18(24)12-25-20-15(3)9-6-10-16(20)4/h5-10H,11-12H2,1-4H3,(H,21,24)(H,22,23). The molecule has 0 bridgehead atoms. The summed E-state index contributed by atoms with van der Waals surface area (Å²) in [6.45, 7) is 7.50. The fraction of sp³-hybridized carbons (Fsp3) is 0.300. The summed E-state index contributed by atoms with van der Waals surface area (Å²) in [5.74, 6) is 0.106. The minimum Gasteiger partial charge on any atom is -0.483 e. The summed E-state index contributed by atoms with van der Waals surface area (Å²) in [7, 11) is 0. The Morgan fingerprint density at radius 2 is 1.36 bits per heavy atom. The quantitative estimate of drug-likeness (QED) is 0.849. The average molecular weight is 340 g/mol. The third-order valence-corrected chi connectivity index (χ3v) is 3.95. The second kappa shape index (κ2) is 8.33. The van der Waals surface area contributed by atoms with Gasteiger partial charge in [-0.3, -0.25) is 9.59 Å². The van der Waals surface area contributed by atoms with Crippen LogP contribution >= 0.6 is 0 Å². The van der Waals surface area contributed by atoms with Crippen molar-refractivity contribution in [2.24, 2.45) is 0 Å². The molecule has 0 radical (unpaired) electrons. The number of amides is 2.